The molecule has 1 amide bonds. The van der Waals surface area contributed by atoms with Crippen LogP contribution in [0.4, 0.5) is 0 Å². The molecule has 3 aromatic rings. The molecule has 0 aliphatic rings. The zero-order chi connectivity index (χ0) is 19.9. The van der Waals surface area contributed by atoms with Gasteiger partial charge in [-0.05, 0) is 24.3 Å². The van der Waals surface area contributed by atoms with Gasteiger partial charge in [-0.3, -0.25) is 4.79 Å². The van der Waals surface area contributed by atoms with E-state index in [2.05, 4.69) is 20.7 Å². The molecule has 0 saturated heterocycles. The Morgan fingerprint density at radius 3 is 2.89 bits per heavy atom. The maximum atomic E-state index is 12.0. The van der Waals surface area contributed by atoms with Crippen LogP contribution in [0.25, 0.3) is 11.4 Å². The number of nitrogens with zero attached hydrogens (tertiary/aromatic N) is 4. The van der Waals surface area contributed by atoms with Gasteiger partial charge in [0.2, 0.25) is 0 Å². The van der Waals surface area contributed by atoms with Crippen LogP contribution < -0.4 is 10.2 Å². The van der Waals surface area contributed by atoms with Crippen LogP contribution in [0.15, 0.2) is 58.8 Å². The minimum absolute atomic E-state index is 0.158. The molecule has 0 radical (unpaired) electrons. The molecular weight excluding hydrogens is 398 g/mol. The van der Waals surface area contributed by atoms with E-state index in [0.29, 0.717) is 21.8 Å². The van der Waals surface area contributed by atoms with Gasteiger partial charge in [-0.25, -0.2) is 5.43 Å². The van der Waals surface area contributed by atoms with Crippen LogP contribution in [0.3, 0.4) is 0 Å². The average molecular weight is 416 g/mol. The van der Waals surface area contributed by atoms with Gasteiger partial charge < -0.3 is 9.30 Å². The predicted octanol–water partition coefficient (Wildman–Crippen LogP) is 3.39. The fourth-order valence-corrected chi connectivity index (χ4v) is 3.32. The van der Waals surface area contributed by atoms with Crippen LogP contribution in [0.1, 0.15) is 5.56 Å². The molecular formula is C19H18ClN5O2S. The summed E-state index contributed by atoms with van der Waals surface area (Å²) in [5.41, 5.74) is 4.13. The minimum atomic E-state index is -0.247. The number of thioether (sulfide) groups is 1. The molecule has 0 unspecified atom stereocenters. The number of hydrogen-bond acceptors (Lipinski definition) is 6. The van der Waals surface area contributed by atoms with E-state index in [1.165, 1.54) is 11.8 Å². The molecule has 2 aromatic carbocycles. The van der Waals surface area contributed by atoms with Gasteiger partial charge >= 0.3 is 0 Å². The van der Waals surface area contributed by atoms with Gasteiger partial charge in [0, 0.05) is 23.2 Å². The predicted molar refractivity (Wildman–Crippen MR) is 111 cm³/mol. The summed E-state index contributed by atoms with van der Waals surface area (Å²) in [5, 5.41) is 13.5. The maximum absolute atomic E-state index is 12.0. The summed E-state index contributed by atoms with van der Waals surface area (Å²) in [6, 6.07) is 14.8. The monoisotopic (exact) mass is 415 g/mol. The first kappa shape index (κ1) is 19.9. The summed E-state index contributed by atoms with van der Waals surface area (Å²) >= 11 is 7.31. The smallest absolute Gasteiger partial charge is 0.250 e. The number of para-hydroxylation sites is 1. The van der Waals surface area contributed by atoms with Gasteiger partial charge in [0.1, 0.15) is 5.75 Å². The number of halogens is 1. The lowest BCUT2D eigenvalue weighted by molar-refractivity contribution is -0.118. The van der Waals surface area contributed by atoms with Gasteiger partial charge in [-0.1, -0.05) is 47.6 Å². The van der Waals surface area contributed by atoms with Crippen molar-refractivity contribution in [2.45, 2.75) is 5.16 Å². The Morgan fingerprint density at radius 1 is 1.29 bits per heavy atom. The maximum Gasteiger partial charge on any atom is 0.250 e. The lowest BCUT2D eigenvalue weighted by Crippen LogP contribution is -2.20. The summed E-state index contributed by atoms with van der Waals surface area (Å²) in [4.78, 5) is 12.0. The molecule has 9 heteroatoms. The van der Waals surface area contributed by atoms with Gasteiger partial charge in [0.25, 0.3) is 5.91 Å². The number of rotatable bonds is 7. The quantitative estimate of drug-likeness (QED) is 0.363. The Hall–Kier alpha value is -2.84. The van der Waals surface area contributed by atoms with E-state index in [9.17, 15) is 4.79 Å². The summed E-state index contributed by atoms with van der Waals surface area (Å²) in [5.74, 6) is 1.27. The molecule has 0 fully saturated rings. The highest BCUT2D eigenvalue weighted by molar-refractivity contribution is 7.99. The number of carbonyl (C=O) groups is 1. The number of hydrogen-bond donors (Lipinski definition) is 1. The Labute approximate surface area is 171 Å². The Kier molecular flexibility index (Phi) is 6.67. The summed E-state index contributed by atoms with van der Waals surface area (Å²) in [7, 11) is 3.43. The van der Waals surface area contributed by atoms with E-state index >= 15 is 0 Å². The van der Waals surface area contributed by atoms with Crippen molar-refractivity contribution in [3.05, 3.63) is 59.1 Å². The molecule has 1 N–H and O–H groups in total. The third-order valence-electron chi connectivity index (χ3n) is 3.78. The van der Waals surface area contributed by atoms with E-state index in [1.54, 1.807) is 19.4 Å². The standard InChI is InChI=1S/C19H18ClN5O2S/c1-25-18(13-7-5-8-15(20)10-13)23-24-19(25)28-12-17(26)22-21-11-14-6-3-4-9-16(14)27-2/h3-11H,12H2,1-2H3,(H,22,26)/b21-11+. The van der Waals surface area contributed by atoms with E-state index in [4.69, 9.17) is 16.3 Å². The summed E-state index contributed by atoms with van der Waals surface area (Å²) < 4.78 is 7.05. The fraction of sp³-hybridized carbons (Fsp3) is 0.158. The zero-order valence-corrected chi connectivity index (χ0v) is 16.9. The molecule has 0 aliphatic carbocycles. The van der Waals surface area contributed by atoms with Crippen LogP contribution in [0, 0.1) is 0 Å². The molecule has 3 rings (SSSR count). The molecule has 0 bridgehead atoms. The Morgan fingerprint density at radius 2 is 2.11 bits per heavy atom. The third kappa shape index (κ3) is 4.90. The Balaban J connectivity index is 1.57. The first-order chi connectivity index (χ1) is 13.6. The average Bonchev–Trinajstić information content (AvgIpc) is 3.07. The van der Waals surface area contributed by atoms with Crippen LogP contribution in [0.5, 0.6) is 5.75 Å². The lowest BCUT2D eigenvalue weighted by Gasteiger charge is -2.04. The second kappa shape index (κ2) is 9.38. The first-order valence-corrected chi connectivity index (χ1v) is 9.68. The molecule has 1 aromatic heterocycles. The highest BCUT2D eigenvalue weighted by Crippen LogP contribution is 2.24. The first-order valence-electron chi connectivity index (χ1n) is 8.31. The molecule has 0 aliphatic heterocycles. The van der Waals surface area contributed by atoms with Crippen LogP contribution in [-0.4, -0.2) is 39.7 Å². The van der Waals surface area contributed by atoms with E-state index < -0.39 is 0 Å². The largest absolute Gasteiger partial charge is 0.496 e. The number of nitrogens with one attached hydrogen (secondary N) is 1. The zero-order valence-electron chi connectivity index (χ0n) is 15.3. The van der Waals surface area contributed by atoms with Crippen molar-refractivity contribution >= 4 is 35.5 Å². The highest BCUT2D eigenvalue weighted by atomic mass is 35.5. The molecule has 0 spiro atoms. The number of ether oxygens (including phenoxy) is 1. The highest BCUT2D eigenvalue weighted by Gasteiger charge is 2.13. The second-order valence-electron chi connectivity index (χ2n) is 5.70. The number of hydrazone groups is 1. The van der Waals surface area contributed by atoms with Crippen molar-refractivity contribution in [2.24, 2.45) is 12.1 Å². The fourth-order valence-electron chi connectivity index (χ4n) is 2.43. The molecule has 0 saturated carbocycles. The molecule has 1 heterocycles. The molecule has 7 nitrogen and oxygen atoms in total. The van der Waals surface area contributed by atoms with Crippen LogP contribution >= 0.6 is 23.4 Å². The van der Waals surface area contributed by atoms with Crippen LogP contribution in [-0.2, 0) is 11.8 Å². The number of aromatic nitrogens is 3. The summed E-state index contributed by atoms with van der Waals surface area (Å²) in [6.45, 7) is 0. The molecule has 0 atom stereocenters. The number of benzene rings is 2. The van der Waals surface area contributed by atoms with Gasteiger partial charge in [0.15, 0.2) is 11.0 Å². The van der Waals surface area contributed by atoms with Crippen molar-refractivity contribution in [1.82, 2.24) is 20.2 Å². The van der Waals surface area contributed by atoms with Crippen molar-refractivity contribution in [3.8, 4) is 17.1 Å². The van der Waals surface area contributed by atoms with Crippen molar-refractivity contribution in [1.29, 1.82) is 0 Å². The number of amides is 1. The number of carbonyl (C=O) groups excluding carboxylic acids is 1. The topological polar surface area (TPSA) is 81.4 Å². The Bertz CT molecular complexity index is 1010. The third-order valence-corrected chi connectivity index (χ3v) is 5.04. The lowest BCUT2D eigenvalue weighted by atomic mass is 10.2. The van der Waals surface area contributed by atoms with Crippen molar-refractivity contribution < 1.29 is 9.53 Å². The van der Waals surface area contributed by atoms with Crippen molar-refractivity contribution in [3.63, 3.8) is 0 Å². The molecule has 144 valence electrons. The second-order valence-corrected chi connectivity index (χ2v) is 7.08. The molecule has 28 heavy (non-hydrogen) atoms. The van der Waals surface area contributed by atoms with E-state index in [0.717, 1.165) is 11.1 Å². The minimum Gasteiger partial charge on any atom is -0.496 e. The van der Waals surface area contributed by atoms with E-state index in [-0.39, 0.29) is 11.7 Å². The van der Waals surface area contributed by atoms with Gasteiger partial charge in [-0.15, -0.1) is 10.2 Å². The normalized spacial score (nSPS) is 11.0. The number of methoxy groups -OCH3 is 1. The van der Waals surface area contributed by atoms with Crippen molar-refractivity contribution in [2.75, 3.05) is 12.9 Å². The SMILES string of the molecule is COc1ccccc1/C=N/NC(=O)CSc1nnc(-c2cccc(Cl)c2)n1C. The summed E-state index contributed by atoms with van der Waals surface area (Å²) in [6.07, 6.45) is 1.54. The van der Waals surface area contributed by atoms with Gasteiger partial charge in [-0.2, -0.15) is 5.10 Å². The van der Waals surface area contributed by atoms with E-state index in [1.807, 2.05) is 54.1 Å². The van der Waals surface area contributed by atoms with Crippen LogP contribution in [0.2, 0.25) is 5.02 Å². The van der Waals surface area contributed by atoms with Gasteiger partial charge in [0.05, 0.1) is 19.1 Å².